The van der Waals surface area contributed by atoms with Crippen LogP contribution in [0.5, 0.6) is 0 Å². The largest absolute Gasteiger partial charge is 0.444 e. The summed E-state index contributed by atoms with van der Waals surface area (Å²) in [4.78, 5) is 4.35. The second-order valence-corrected chi connectivity index (χ2v) is 5.48. The van der Waals surface area contributed by atoms with Crippen molar-refractivity contribution in [3.8, 4) is 0 Å². The fourth-order valence-corrected chi connectivity index (χ4v) is 3.10. The van der Waals surface area contributed by atoms with Gasteiger partial charge in [0.1, 0.15) is 5.76 Å². The average molecular weight is 220 g/mol. The Kier molecular flexibility index (Phi) is 2.51. The highest BCUT2D eigenvalue weighted by atomic mass is 16.4. The van der Waals surface area contributed by atoms with Crippen LogP contribution in [0, 0.1) is 11.8 Å². The third kappa shape index (κ3) is 1.77. The summed E-state index contributed by atoms with van der Waals surface area (Å²) in [6.07, 6.45) is 6.16. The minimum atomic E-state index is 0.482. The molecule has 0 radical (unpaired) electrons. The number of oxazole rings is 1. The number of fused-ring (bicyclic) bond motifs is 1. The lowest BCUT2D eigenvalue weighted by Crippen LogP contribution is -2.21. The predicted molar refractivity (Wildman–Crippen MR) is 62.1 cm³/mol. The number of aromatic nitrogens is 1. The summed E-state index contributed by atoms with van der Waals surface area (Å²) in [5.74, 6) is 4.51. The first-order chi connectivity index (χ1) is 7.75. The Labute approximate surface area is 96.6 Å². The van der Waals surface area contributed by atoms with Gasteiger partial charge in [0.2, 0.25) is 5.89 Å². The number of hydrogen-bond acceptors (Lipinski definition) is 3. The van der Waals surface area contributed by atoms with Gasteiger partial charge >= 0.3 is 0 Å². The highest BCUT2D eigenvalue weighted by Gasteiger charge is 2.54. The van der Waals surface area contributed by atoms with E-state index in [4.69, 9.17) is 4.42 Å². The molecule has 2 aliphatic rings. The van der Waals surface area contributed by atoms with Crippen LogP contribution in [0.15, 0.2) is 10.6 Å². The lowest BCUT2D eigenvalue weighted by atomic mass is 10.1. The average Bonchev–Trinajstić information content (AvgIpc) is 2.73. The predicted octanol–water partition coefficient (Wildman–Crippen LogP) is 2.69. The van der Waals surface area contributed by atoms with Crippen LogP contribution in [0.25, 0.3) is 0 Å². The minimum absolute atomic E-state index is 0.482. The van der Waals surface area contributed by atoms with Crippen LogP contribution < -0.4 is 5.32 Å². The van der Waals surface area contributed by atoms with Crippen molar-refractivity contribution in [2.75, 3.05) is 0 Å². The second kappa shape index (κ2) is 3.88. The van der Waals surface area contributed by atoms with Gasteiger partial charge in [-0.15, -0.1) is 0 Å². The molecule has 2 fully saturated rings. The quantitative estimate of drug-likeness (QED) is 0.847. The topological polar surface area (TPSA) is 38.1 Å². The van der Waals surface area contributed by atoms with Crippen LogP contribution in [0.2, 0.25) is 0 Å². The van der Waals surface area contributed by atoms with E-state index < -0.39 is 0 Å². The van der Waals surface area contributed by atoms with E-state index in [1.165, 1.54) is 19.3 Å². The van der Waals surface area contributed by atoms with Gasteiger partial charge in [-0.3, -0.25) is 0 Å². The van der Waals surface area contributed by atoms with Gasteiger partial charge in [0, 0.05) is 12.0 Å². The standard InChI is InChI=1S/C13H20N2O/c1-8(2)14-7-12-15-6-11(16-12)13-9-4-3-5-10(9)13/h6,8-10,13-14H,3-5,7H2,1-2H3. The molecule has 2 unspecified atom stereocenters. The number of hydrogen-bond donors (Lipinski definition) is 1. The maximum atomic E-state index is 5.82. The van der Waals surface area contributed by atoms with E-state index in [1.54, 1.807) is 0 Å². The summed E-state index contributed by atoms with van der Waals surface area (Å²) in [6, 6.07) is 0.482. The van der Waals surface area contributed by atoms with Gasteiger partial charge in [0.15, 0.2) is 0 Å². The van der Waals surface area contributed by atoms with Crippen molar-refractivity contribution in [2.45, 2.75) is 51.6 Å². The molecule has 1 aromatic heterocycles. The Morgan fingerprint density at radius 2 is 2.19 bits per heavy atom. The first-order valence-electron chi connectivity index (χ1n) is 6.43. The molecule has 3 nitrogen and oxygen atoms in total. The molecule has 0 saturated heterocycles. The first kappa shape index (κ1) is 10.3. The molecule has 3 heteroatoms. The molecule has 0 spiro atoms. The molecular formula is C13H20N2O. The normalized spacial score (nSPS) is 32.1. The van der Waals surface area contributed by atoms with Gasteiger partial charge in [-0.25, -0.2) is 4.98 Å². The van der Waals surface area contributed by atoms with Crippen molar-refractivity contribution in [1.29, 1.82) is 0 Å². The zero-order valence-electron chi connectivity index (χ0n) is 10.1. The van der Waals surface area contributed by atoms with E-state index in [9.17, 15) is 0 Å². The van der Waals surface area contributed by atoms with Crippen molar-refractivity contribution in [2.24, 2.45) is 11.8 Å². The van der Waals surface area contributed by atoms with E-state index >= 15 is 0 Å². The molecular weight excluding hydrogens is 200 g/mol. The first-order valence-corrected chi connectivity index (χ1v) is 6.43. The molecule has 2 aliphatic carbocycles. The SMILES string of the molecule is CC(C)NCc1ncc(C2C3CCCC32)o1. The molecule has 0 aliphatic heterocycles. The van der Waals surface area contributed by atoms with Crippen LogP contribution in [0.3, 0.4) is 0 Å². The molecule has 0 bridgehead atoms. The summed E-state index contributed by atoms with van der Waals surface area (Å²) in [6.45, 7) is 5.02. The number of nitrogens with zero attached hydrogens (tertiary/aromatic N) is 1. The molecule has 0 aromatic carbocycles. The van der Waals surface area contributed by atoms with Crippen molar-refractivity contribution < 1.29 is 4.42 Å². The Balaban J connectivity index is 1.61. The van der Waals surface area contributed by atoms with Crippen LogP contribution in [0.1, 0.15) is 50.7 Å². The molecule has 1 N–H and O–H groups in total. The molecule has 88 valence electrons. The molecule has 3 rings (SSSR count). The lowest BCUT2D eigenvalue weighted by Gasteiger charge is -2.04. The Hall–Kier alpha value is -0.830. The smallest absolute Gasteiger partial charge is 0.208 e. The van der Waals surface area contributed by atoms with Crippen LogP contribution >= 0.6 is 0 Å². The maximum absolute atomic E-state index is 5.82. The summed E-state index contributed by atoms with van der Waals surface area (Å²) in [5.41, 5.74) is 0. The zero-order valence-corrected chi connectivity index (χ0v) is 10.1. The summed E-state index contributed by atoms with van der Waals surface area (Å²) >= 11 is 0. The van der Waals surface area contributed by atoms with Gasteiger partial charge in [0.05, 0.1) is 12.7 Å². The highest BCUT2D eigenvalue weighted by molar-refractivity contribution is 5.19. The van der Waals surface area contributed by atoms with Crippen LogP contribution in [0.4, 0.5) is 0 Å². The van der Waals surface area contributed by atoms with Crippen molar-refractivity contribution in [1.82, 2.24) is 10.3 Å². The van der Waals surface area contributed by atoms with Crippen molar-refractivity contribution in [3.63, 3.8) is 0 Å². The Bertz CT molecular complexity index is 362. The van der Waals surface area contributed by atoms with Crippen LogP contribution in [-0.4, -0.2) is 11.0 Å². The molecule has 2 atom stereocenters. The maximum Gasteiger partial charge on any atom is 0.208 e. The summed E-state index contributed by atoms with van der Waals surface area (Å²) < 4.78 is 5.82. The van der Waals surface area contributed by atoms with E-state index in [1.807, 2.05) is 6.20 Å². The van der Waals surface area contributed by atoms with Gasteiger partial charge < -0.3 is 9.73 Å². The second-order valence-electron chi connectivity index (χ2n) is 5.48. The van der Waals surface area contributed by atoms with Crippen LogP contribution in [-0.2, 0) is 6.54 Å². The van der Waals surface area contributed by atoms with Crippen molar-refractivity contribution >= 4 is 0 Å². The monoisotopic (exact) mass is 220 g/mol. The van der Waals surface area contributed by atoms with Gasteiger partial charge in [-0.1, -0.05) is 20.3 Å². The number of rotatable bonds is 4. The fourth-order valence-electron chi connectivity index (χ4n) is 3.10. The summed E-state index contributed by atoms with van der Waals surface area (Å²) in [5, 5.41) is 3.33. The molecule has 1 heterocycles. The van der Waals surface area contributed by atoms with E-state index in [-0.39, 0.29) is 0 Å². The Morgan fingerprint density at radius 1 is 1.44 bits per heavy atom. The third-order valence-electron chi connectivity index (χ3n) is 3.97. The fraction of sp³-hybridized carbons (Fsp3) is 0.769. The third-order valence-corrected chi connectivity index (χ3v) is 3.97. The van der Waals surface area contributed by atoms with E-state index in [0.29, 0.717) is 12.0 Å². The zero-order chi connectivity index (χ0) is 11.1. The van der Waals surface area contributed by atoms with Crippen molar-refractivity contribution in [3.05, 3.63) is 17.8 Å². The van der Waals surface area contributed by atoms with E-state index in [0.717, 1.165) is 30.0 Å². The molecule has 0 amide bonds. The highest BCUT2D eigenvalue weighted by Crippen LogP contribution is 2.63. The molecule has 1 aromatic rings. The number of nitrogens with one attached hydrogen (secondary N) is 1. The van der Waals surface area contributed by atoms with Gasteiger partial charge in [-0.05, 0) is 24.7 Å². The van der Waals surface area contributed by atoms with E-state index in [2.05, 4.69) is 24.1 Å². The Morgan fingerprint density at radius 3 is 2.88 bits per heavy atom. The minimum Gasteiger partial charge on any atom is -0.444 e. The molecule has 16 heavy (non-hydrogen) atoms. The van der Waals surface area contributed by atoms with Gasteiger partial charge in [-0.2, -0.15) is 0 Å². The summed E-state index contributed by atoms with van der Waals surface area (Å²) in [7, 11) is 0. The van der Waals surface area contributed by atoms with Gasteiger partial charge in [0.25, 0.3) is 0 Å². The molecule has 2 saturated carbocycles. The lowest BCUT2D eigenvalue weighted by molar-refractivity contribution is 0.414.